The lowest BCUT2D eigenvalue weighted by atomic mass is 10.1. The van der Waals surface area contributed by atoms with Crippen molar-refractivity contribution in [3.8, 4) is 0 Å². The van der Waals surface area contributed by atoms with E-state index in [0.29, 0.717) is 24.3 Å². The second kappa shape index (κ2) is 8.90. The second-order valence-electron chi connectivity index (χ2n) is 7.55. The number of nitrogens with zero attached hydrogens (tertiary/aromatic N) is 1. The smallest absolute Gasteiger partial charge is 0.244 e. The molecule has 1 aromatic rings. The number of amides is 1. The first kappa shape index (κ1) is 22.1. The molecule has 2 fully saturated rings. The van der Waals surface area contributed by atoms with Crippen molar-refractivity contribution in [3.05, 3.63) is 28.8 Å². The third-order valence-electron chi connectivity index (χ3n) is 5.32. The van der Waals surface area contributed by atoms with Gasteiger partial charge in [0.05, 0.1) is 4.90 Å². The molecule has 6 nitrogen and oxygen atoms in total. The van der Waals surface area contributed by atoms with Gasteiger partial charge in [0.25, 0.3) is 0 Å². The predicted molar refractivity (Wildman–Crippen MR) is 109 cm³/mol. The molecule has 2 atom stereocenters. The van der Waals surface area contributed by atoms with Gasteiger partial charge in [0, 0.05) is 19.1 Å². The van der Waals surface area contributed by atoms with Crippen LogP contribution in [0.25, 0.3) is 0 Å². The minimum Gasteiger partial charge on any atom is -0.351 e. The predicted octanol–water partition coefficient (Wildman–Crippen LogP) is 2.05. The highest BCUT2D eigenvalue weighted by Crippen LogP contribution is 2.30. The fourth-order valence-electron chi connectivity index (χ4n) is 4.25. The van der Waals surface area contributed by atoms with Gasteiger partial charge in [0.1, 0.15) is 6.04 Å². The summed E-state index contributed by atoms with van der Waals surface area (Å²) in [5.41, 5.74) is 2.52. The van der Waals surface area contributed by atoms with E-state index in [-0.39, 0.29) is 24.4 Å². The van der Waals surface area contributed by atoms with Gasteiger partial charge in [-0.05, 0) is 64.1 Å². The van der Waals surface area contributed by atoms with Gasteiger partial charge in [0.2, 0.25) is 15.9 Å². The monoisotopic (exact) mass is 415 g/mol. The highest BCUT2D eigenvalue weighted by atomic mass is 35.5. The lowest BCUT2D eigenvalue weighted by molar-refractivity contribution is -0.125. The van der Waals surface area contributed by atoms with Crippen molar-refractivity contribution in [1.29, 1.82) is 0 Å². The number of carbonyl (C=O) groups excluding carboxylic acids is 1. The van der Waals surface area contributed by atoms with Crippen molar-refractivity contribution in [2.45, 2.75) is 63.4 Å². The Balaban J connectivity index is 0.00000261. The van der Waals surface area contributed by atoms with Crippen molar-refractivity contribution in [2.75, 3.05) is 19.6 Å². The third kappa shape index (κ3) is 4.65. The molecule has 0 aromatic heterocycles. The molecule has 0 aliphatic carbocycles. The summed E-state index contributed by atoms with van der Waals surface area (Å²) >= 11 is 0. The molecule has 0 radical (unpaired) electrons. The number of rotatable bonds is 4. The van der Waals surface area contributed by atoms with E-state index in [1.165, 1.54) is 4.31 Å². The van der Waals surface area contributed by atoms with Crippen LogP contribution in [0.3, 0.4) is 0 Å². The van der Waals surface area contributed by atoms with Gasteiger partial charge in [-0.25, -0.2) is 8.42 Å². The molecule has 0 saturated carbocycles. The van der Waals surface area contributed by atoms with Crippen LogP contribution in [0, 0.1) is 20.8 Å². The number of hydrogen-bond acceptors (Lipinski definition) is 4. The van der Waals surface area contributed by atoms with E-state index in [9.17, 15) is 13.2 Å². The quantitative estimate of drug-likeness (QED) is 0.788. The molecule has 2 aliphatic heterocycles. The number of benzene rings is 1. The molecule has 1 aromatic carbocycles. The van der Waals surface area contributed by atoms with Crippen LogP contribution < -0.4 is 10.6 Å². The summed E-state index contributed by atoms with van der Waals surface area (Å²) in [4.78, 5) is 13.1. The van der Waals surface area contributed by atoms with Crippen molar-refractivity contribution < 1.29 is 13.2 Å². The maximum absolute atomic E-state index is 13.3. The summed E-state index contributed by atoms with van der Waals surface area (Å²) in [7, 11) is -3.69. The maximum atomic E-state index is 13.3. The zero-order chi connectivity index (χ0) is 18.9. The Labute approximate surface area is 168 Å². The van der Waals surface area contributed by atoms with Gasteiger partial charge >= 0.3 is 0 Å². The second-order valence-corrected chi connectivity index (χ2v) is 9.38. The number of piperidine rings is 1. The fraction of sp³-hybridized carbons (Fsp3) is 0.632. The maximum Gasteiger partial charge on any atom is 0.244 e. The molecule has 2 unspecified atom stereocenters. The van der Waals surface area contributed by atoms with Crippen LogP contribution in [0.2, 0.25) is 0 Å². The van der Waals surface area contributed by atoms with Crippen LogP contribution in [0.1, 0.15) is 42.4 Å². The molecule has 8 heteroatoms. The molecular weight excluding hydrogens is 386 g/mol. The van der Waals surface area contributed by atoms with Gasteiger partial charge in [-0.15, -0.1) is 12.4 Å². The highest BCUT2D eigenvalue weighted by Gasteiger charge is 2.41. The number of halogens is 1. The van der Waals surface area contributed by atoms with Crippen molar-refractivity contribution in [2.24, 2.45) is 0 Å². The van der Waals surface area contributed by atoms with E-state index in [1.807, 2.05) is 32.9 Å². The van der Waals surface area contributed by atoms with E-state index >= 15 is 0 Å². The van der Waals surface area contributed by atoms with E-state index in [4.69, 9.17) is 0 Å². The lowest BCUT2D eigenvalue weighted by Gasteiger charge is -2.29. The SMILES string of the molecule is Cc1cc(C)c(S(=O)(=O)N2CCCC2C(=O)NC2CCCNC2)c(C)c1.Cl. The molecule has 2 heterocycles. The largest absolute Gasteiger partial charge is 0.351 e. The van der Waals surface area contributed by atoms with E-state index < -0.39 is 16.1 Å². The Morgan fingerprint density at radius 2 is 1.81 bits per heavy atom. The molecule has 2 N–H and O–H groups in total. The Kier molecular flexibility index (Phi) is 7.30. The molecular formula is C19H30ClN3O3S. The molecule has 27 heavy (non-hydrogen) atoms. The number of nitrogens with one attached hydrogen (secondary N) is 2. The highest BCUT2D eigenvalue weighted by molar-refractivity contribution is 7.89. The summed E-state index contributed by atoms with van der Waals surface area (Å²) in [6.45, 7) is 7.73. The standard InChI is InChI=1S/C19H29N3O3S.ClH/c1-13-10-14(2)18(15(3)11-13)26(24,25)22-9-5-7-17(22)19(23)21-16-6-4-8-20-12-16;/h10-11,16-17,20H,4-9,12H2,1-3H3,(H,21,23);1H. The van der Waals surface area contributed by atoms with Gasteiger partial charge in [-0.2, -0.15) is 4.31 Å². The minimum absolute atomic E-state index is 0. The first-order valence-corrected chi connectivity index (χ1v) is 10.9. The Morgan fingerprint density at radius 3 is 2.41 bits per heavy atom. The zero-order valence-electron chi connectivity index (χ0n) is 16.2. The van der Waals surface area contributed by atoms with Crippen molar-refractivity contribution in [1.82, 2.24) is 14.9 Å². The summed E-state index contributed by atoms with van der Waals surface area (Å²) in [6.07, 6.45) is 3.26. The summed E-state index contributed by atoms with van der Waals surface area (Å²) < 4.78 is 28.1. The number of hydrogen-bond donors (Lipinski definition) is 2. The number of carbonyl (C=O) groups is 1. The van der Waals surface area contributed by atoms with Crippen LogP contribution in [-0.2, 0) is 14.8 Å². The lowest BCUT2D eigenvalue weighted by Crippen LogP contribution is -2.52. The average molecular weight is 416 g/mol. The summed E-state index contributed by atoms with van der Waals surface area (Å²) in [5.74, 6) is -0.165. The Hall–Kier alpha value is -1.15. The summed E-state index contributed by atoms with van der Waals surface area (Å²) in [6, 6.07) is 3.25. The van der Waals surface area contributed by atoms with Gasteiger partial charge < -0.3 is 10.6 Å². The molecule has 0 spiro atoms. The molecule has 2 saturated heterocycles. The number of sulfonamides is 1. The average Bonchev–Trinajstić information content (AvgIpc) is 3.05. The van der Waals surface area contributed by atoms with E-state index in [2.05, 4.69) is 10.6 Å². The van der Waals surface area contributed by atoms with Gasteiger partial charge in [0.15, 0.2) is 0 Å². The van der Waals surface area contributed by atoms with E-state index in [1.54, 1.807) is 0 Å². The van der Waals surface area contributed by atoms with Crippen LogP contribution >= 0.6 is 12.4 Å². The third-order valence-corrected chi connectivity index (χ3v) is 7.54. The first-order chi connectivity index (χ1) is 12.3. The number of aryl methyl sites for hydroxylation is 3. The summed E-state index contributed by atoms with van der Waals surface area (Å²) in [5, 5.41) is 6.32. The molecule has 1 amide bonds. The molecule has 3 rings (SSSR count). The van der Waals surface area contributed by atoms with Crippen LogP contribution in [0.15, 0.2) is 17.0 Å². The minimum atomic E-state index is -3.69. The normalized spacial score (nSPS) is 23.7. The van der Waals surface area contributed by atoms with Crippen molar-refractivity contribution >= 4 is 28.3 Å². The van der Waals surface area contributed by atoms with Crippen LogP contribution in [-0.4, -0.2) is 50.3 Å². The van der Waals surface area contributed by atoms with Crippen molar-refractivity contribution in [3.63, 3.8) is 0 Å². The first-order valence-electron chi connectivity index (χ1n) is 9.41. The Morgan fingerprint density at radius 1 is 1.15 bits per heavy atom. The van der Waals surface area contributed by atoms with Crippen LogP contribution in [0.4, 0.5) is 0 Å². The molecule has 0 bridgehead atoms. The fourth-order valence-corrected chi connectivity index (χ4v) is 6.32. The van der Waals surface area contributed by atoms with Crippen LogP contribution in [0.5, 0.6) is 0 Å². The Bertz CT molecular complexity index is 768. The topological polar surface area (TPSA) is 78.5 Å². The molecule has 152 valence electrons. The van der Waals surface area contributed by atoms with Gasteiger partial charge in [-0.3, -0.25) is 4.79 Å². The zero-order valence-corrected chi connectivity index (χ0v) is 17.9. The molecule has 2 aliphatic rings. The van der Waals surface area contributed by atoms with E-state index in [0.717, 1.165) is 42.6 Å². The van der Waals surface area contributed by atoms with Gasteiger partial charge in [-0.1, -0.05) is 17.7 Å².